The van der Waals surface area contributed by atoms with E-state index in [2.05, 4.69) is 17.0 Å². The molecule has 0 amide bonds. The number of Topliss-reactive ketones (excluding diaryl/α,β-unsaturated/α-hetero) is 1. The van der Waals surface area contributed by atoms with Crippen LogP contribution in [-0.4, -0.2) is 17.0 Å². The molecule has 0 bridgehead atoms. The molecule has 2 heterocycles. The van der Waals surface area contributed by atoms with Crippen LogP contribution in [0.25, 0.3) is 0 Å². The normalized spacial score (nSPS) is 26.2. The standard InChI is InChI=1S/C14H13NOS3/c1-3-8-11(16)12(19-14(8)17)13-15(2)9-6-4-5-7-10(9)18-13/h4-8H,3H2,1-2H3/b13-12+. The van der Waals surface area contributed by atoms with Crippen LogP contribution < -0.4 is 4.90 Å². The summed E-state index contributed by atoms with van der Waals surface area (Å²) in [5.41, 5.74) is 1.16. The molecule has 2 aliphatic heterocycles. The smallest absolute Gasteiger partial charge is 0.181 e. The van der Waals surface area contributed by atoms with Gasteiger partial charge in [0.2, 0.25) is 0 Å². The van der Waals surface area contributed by atoms with E-state index in [-0.39, 0.29) is 11.7 Å². The highest BCUT2D eigenvalue weighted by molar-refractivity contribution is 8.27. The van der Waals surface area contributed by atoms with Gasteiger partial charge in [-0.2, -0.15) is 0 Å². The first-order valence-electron chi connectivity index (χ1n) is 6.14. The van der Waals surface area contributed by atoms with Crippen molar-refractivity contribution in [3.05, 3.63) is 34.2 Å². The van der Waals surface area contributed by atoms with Crippen molar-refractivity contribution in [1.29, 1.82) is 0 Å². The van der Waals surface area contributed by atoms with Crippen molar-refractivity contribution in [3.63, 3.8) is 0 Å². The summed E-state index contributed by atoms with van der Waals surface area (Å²) >= 11 is 8.48. The summed E-state index contributed by atoms with van der Waals surface area (Å²) < 4.78 is 0.819. The first-order chi connectivity index (χ1) is 9.13. The average Bonchev–Trinajstić information content (AvgIpc) is 2.88. The predicted octanol–water partition coefficient (Wildman–Crippen LogP) is 4.07. The Labute approximate surface area is 126 Å². The van der Waals surface area contributed by atoms with Crippen LogP contribution in [0.1, 0.15) is 13.3 Å². The van der Waals surface area contributed by atoms with Crippen LogP contribution in [0.4, 0.5) is 5.69 Å². The molecule has 5 heteroatoms. The lowest BCUT2D eigenvalue weighted by atomic mass is 10.0. The lowest BCUT2D eigenvalue weighted by Gasteiger charge is -2.14. The van der Waals surface area contributed by atoms with Gasteiger partial charge in [-0.05, 0) is 18.6 Å². The van der Waals surface area contributed by atoms with Crippen LogP contribution >= 0.6 is 35.7 Å². The van der Waals surface area contributed by atoms with E-state index in [0.29, 0.717) is 0 Å². The van der Waals surface area contributed by atoms with Crippen molar-refractivity contribution in [2.75, 3.05) is 11.9 Å². The minimum Gasteiger partial charge on any atom is -0.337 e. The van der Waals surface area contributed by atoms with Crippen molar-refractivity contribution in [2.45, 2.75) is 18.2 Å². The second-order valence-corrected chi connectivity index (χ2v) is 7.29. The molecule has 1 aromatic rings. The largest absolute Gasteiger partial charge is 0.337 e. The molecule has 0 spiro atoms. The summed E-state index contributed by atoms with van der Waals surface area (Å²) in [7, 11) is 2.01. The maximum atomic E-state index is 12.4. The SMILES string of the molecule is CCC1C(=O)/C(=C2\Sc3ccccc3N2C)SC1=S. The van der Waals surface area contributed by atoms with Gasteiger partial charge in [-0.15, -0.1) is 0 Å². The van der Waals surface area contributed by atoms with E-state index in [1.807, 2.05) is 26.1 Å². The Kier molecular flexibility index (Phi) is 3.45. The monoisotopic (exact) mass is 307 g/mol. The summed E-state index contributed by atoms with van der Waals surface area (Å²) in [6, 6.07) is 8.21. The van der Waals surface area contributed by atoms with Crippen molar-refractivity contribution >= 4 is 51.4 Å². The number of carbonyl (C=O) groups excluding carboxylic acids is 1. The highest BCUT2D eigenvalue weighted by Gasteiger charge is 2.38. The number of allylic oxidation sites excluding steroid dienone is 1. The zero-order valence-electron chi connectivity index (χ0n) is 10.7. The van der Waals surface area contributed by atoms with Gasteiger partial charge in [0, 0.05) is 11.9 Å². The molecule has 2 aliphatic rings. The van der Waals surface area contributed by atoms with Gasteiger partial charge >= 0.3 is 0 Å². The highest BCUT2D eigenvalue weighted by atomic mass is 32.2. The maximum Gasteiger partial charge on any atom is 0.181 e. The minimum absolute atomic E-state index is 0.0831. The van der Waals surface area contributed by atoms with Crippen LogP contribution in [-0.2, 0) is 4.79 Å². The zero-order valence-corrected chi connectivity index (χ0v) is 13.1. The lowest BCUT2D eigenvalue weighted by molar-refractivity contribution is -0.116. The number of rotatable bonds is 1. The van der Waals surface area contributed by atoms with Gasteiger partial charge < -0.3 is 4.90 Å². The van der Waals surface area contributed by atoms with Gasteiger partial charge in [0.15, 0.2) is 5.78 Å². The fourth-order valence-electron chi connectivity index (χ4n) is 2.29. The average molecular weight is 307 g/mol. The number of para-hydroxylation sites is 1. The number of benzene rings is 1. The van der Waals surface area contributed by atoms with Crippen molar-refractivity contribution in [2.24, 2.45) is 5.92 Å². The summed E-state index contributed by atoms with van der Waals surface area (Å²) in [6.07, 6.45) is 0.794. The summed E-state index contributed by atoms with van der Waals surface area (Å²) in [5.74, 6) is 0.111. The van der Waals surface area contributed by atoms with Gasteiger partial charge in [-0.3, -0.25) is 4.79 Å². The highest BCUT2D eigenvalue weighted by Crippen LogP contribution is 2.50. The summed E-state index contributed by atoms with van der Waals surface area (Å²) in [5, 5.41) is 1.02. The molecule has 0 aliphatic carbocycles. The van der Waals surface area contributed by atoms with E-state index in [4.69, 9.17) is 12.2 Å². The van der Waals surface area contributed by atoms with E-state index in [1.54, 1.807) is 11.8 Å². The van der Waals surface area contributed by atoms with Crippen LogP contribution in [0, 0.1) is 5.92 Å². The molecule has 0 saturated carbocycles. The molecule has 0 aromatic heterocycles. The van der Waals surface area contributed by atoms with Crippen molar-refractivity contribution in [3.8, 4) is 0 Å². The molecule has 1 atom stereocenters. The Bertz CT molecular complexity index is 608. The molecule has 2 nitrogen and oxygen atoms in total. The molecule has 98 valence electrons. The second kappa shape index (κ2) is 4.96. The first kappa shape index (κ1) is 13.2. The maximum absolute atomic E-state index is 12.4. The van der Waals surface area contributed by atoms with Gasteiger partial charge in [-0.1, -0.05) is 54.8 Å². The van der Waals surface area contributed by atoms with Gasteiger partial charge in [0.25, 0.3) is 0 Å². The summed E-state index contributed by atoms with van der Waals surface area (Å²) in [4.78, 5) is 16.5. The Morgan fingerprint density at radius 3 is 2.68 bits per heavy atom. The second-order valence-electron chi connectivity index (χ2n) is 4.51. The molecule has 0 N–H and O–H groups in total. The Morgan fingerprint density at radius 1 is 1.32 bits per heavy atom. The predicted molar refractivity (Wildman–Crippen MR) is 86.7 cm³/mol. The number of thioether (sulfide) groups is 2. The fraction of sp³-hybridized carbons (Fsp3) is 0.286. The van der Waals surface area contributed by atoms with Gasteiger partial charge in [-0.25, -0.2) is 0 Å². The molecule has 1 aromatic carbocycles. The number of anilines is 1. The van der Waals surface area contributed by atoms with E-state index in [9.17, 15) is 4.79 Å². The van der Waals surface area contributed by atoms with Crippen molar-refractivity contribution < 1.29 is 4.79 Å². The van der Waals surface area contributed by atoms with E-state index >= 15 is 0 Å². The van der Waals surface area contributed by atoms with Crippen LogP contribution in [0.2, 0.25) is 0 Å². The third kappa shape index (κ3) is 2.04. The number of hydrogen-bond donors (Lipinski definition) is 0. The molecule has 0 radical (unpaired) electrons. The molecular weight excluding hydrogens is 294 g/mol. The first-order valence-corrected chi connectivity index (χ1v) is 8.18. The quantitative estimate of drug-likeness (QED) is 0.574. The van der Waals surface area contributed by atoms with Crippen LogP contribution in [0.3, 0.4) is 0 Å². The van der Waals surface area contributed by atoms with Crippen LogP contribution in [0.15, 0.2) is 39.1 Å². The number of fused-ring (bicyclic) bond motifs is 1. The molecule has 19 heavy (non-hydrogen) atoms. The number of nitrogens with zero attached hydrogens (tertiary/aromatic N) is 1. The third-order valence-corrected chi connectivity index (χ3v) is 6.35. The van der Waals surface area contributed by atoms with Crippen molar-refractivity contribution in [1.82, 2.24) is 0 Å². The van der Waals surface area contributed by atoms with E-state index in [1.165, 1.54) is 16.7 Å². The number of thiocarbonyl (C=S) groups is 1. The third-order valence-electron chi connectivity index (χ3n) is 3.37. The molecule has 3 rings (SSSR count). The Hall–Kier alpha value is -0.780. The number of carbonyl (C=O) groups is 1. The molecular formula is C14H13NOS3. The minimum atomic E-state index is -0.0831. The molecule has 1 saturated heterocycles. The Balaban J connectivity index is 2.03. The molecule has 1 unspecified atom stereocenters. The van der Waals surface area contributed by atoms with Crippen LogP contribution in [0.5, 0.6) is 0 Å². The molecule has 1 fully saturated rings. The topological polar surface area (TPSA) is 20.3 Å². The van der Waals surface area contributed by atoms with E-state index in [0.717, 1.165) is 26.2 Å². The van der Waals surface area contributed by atoms with E-state index < -0.39 is 0 Å². The fourth-order valence-corrected chi connectivity index (χ4v) is 5.24. The lowest BCUT2D eigenvalue weighted by Crippen LogP contribution is -2.16. The Morgan fingerprint density at radius 2 is 2.05 bits per heavy atom. The zero-order chi connectivity index (χ0) is 13.6. The van der Waals surface area contributed by atoms with Gasteiger partial charge in [0.05, 0.1) is 25.7 Å². The number of ketones is 1. The van der Waals surface area contributed by atoms with Gasteiger partial charge in [0.1, 0.15) is 0 Å². The summed E-state index contributed by atoms with van der Waals surface area (Å²) in [6.45, 7) is 2.02. The number of hydrogen-bond acceptors (Lipinski definition) is 5.